The summed E-state index contributed by atoms with van der Waals surface area (Å²) in [7, 11) is 0. The van der Waals surface area contributed by atoms with E-state index < -0.39 is 23.0 Å². The van der Waals surface area contributed by atoms with Crippen molar-refractivity contribution in [2.45, 2.75) is 45.8 Å². The zero-order valence-electron chi connectivity index (χ0n) is 23.1. The minimum absolute atomic E-state index is 0.164. The van der Waals surface area contributed by atoms with Crippen molar-refractivity contribution in [3.05, 3.63) is 94.5 Å². The van der Waals surface area contributed by atoms with E-state index in [4.69, 9.17) is 16.7 Å². The third-order valence-corrected chi connectivity index (χ3v) is 8.14. The molecule has 4 rings (SSSR count). The Morgan fingerprint density at radius 3 is 2.15 bits per heavy atom. The van der Waals surface area contributed by atoms with Crippen molar-refractivity contribution in [2.75, 3.05) is 13.1 Å². The molecule has 1 fully saturated rings. The van der Waals surface area contributed by atoms with Gasteiger partial charge in [-0.3, -0.25) is 9.59 Å². The number of likely N-dealkylation sites (tertiary alicyclic amines) is 1. The van der Waals surface area contributed by atoms with Crippen molar-refractivity contribution < 1.29 is 24.6 Å². The first kappa shape index (κ1) is 29.3. The van der Waals surface area contributed by atoms with Gasteiger partial charge in [-0.2, -0.15) is 0 Å². The number of nitrogens with zero attached hydrogens (tertiary/aromatic N) is 1. The van der Waals surface area contributed by atoms with E-state index in [1.807, 2.05) is 45.9 Å². The van der Waals surface area contributed by atoms with Gasteiger partial charge in [0.2, 0.25) is 5.91 Å². The topological polar surface area (TPSA) is 107 Å². The first-order valence-corrected chi connectivity index (χ1v) is 13.7. The van der Waals surface area contributed by atoms with E-state index in [2.05, 4.69) is 5.32 Å². The van der Waals surface area contributed by atoms with Crippen LogP contribution < -0.4 is 5.32 Å². The molecule has 0 spiro atoms. The molecular weight excluding hydrogens is 528 g/mol. The lowest BCUT2D eigenvalue weighted by atomic mass is 9.66. The summed E-state index contributed by atoms with van der Waals surface area (Å²) in [5.41, 5.74) is 1.10. The summed E-state index contributed by atoms with van der Waals surface area (Å²) in [5.74, 6) is -1.72. The molecule has 0 aromatic heterocycles. The second kappa shape index (κ2) is 11.4. The fourth-order valence-corrected chi connectivity index (χ4v) is 5.48. The molecule has 2 atom stereocenters. The molecule has 1 aliphatic heterocycles. The van der Waals surface area contributed by atoms with E-state index in [-0.39, 0.29) is 23.3 Å². The number of piperidine rings is 1. The number of nitrogens with one attached hydrogen (secondary N) is 1. The zero-order valence-corrected chi connectivity index (χ0v) is 23.9. The monoisotopic (exact) mass is 562 g/mol. The van der Waals surface area contributed by atoms with Crippen LogP contribution in [0.4, 0.5) is 0 Å². The highest BCUT2D eigenvalue weighted by Crippen LogP contribution is 2.46. The third kappa shape index (κ3) is 5.91. The first-order chi connectivity index (χ1) is 18.8. The van der Waals surface area contributed by atoms with Crippen LogP contribution in [0.3, 0.4) is 0 Å². The van der Waals surface area contributed by atoms with Gasteiger partial charge in [-0.15, -0.1) is 0 Å². The largest absolute Gasteiger partial charge is 0.478 e. The molecule has 0 bridgehead atoms. The van der Waals surface area contributed by atoms with Gasteiger partial charge in [0.05, 0.1) is 11.2 Å². The number of amides is 2. The van der Waals surface area contributed by atoms with E-state index in [9.17, 15) is 19.5 Å². The number of hydrogen-bond acceptors (Lipinski definition) is 4. The highest BCUT2D eigenvalue weighted by atomic mass is 35.5. The van der Waals surface area contributed by atoms with Crippen molar-refractivity contribution in [1.29, 1.82) is 0 Å². The minimum Gasteiger partial charge on any atom is -0.478 e. The van der Waals surface area contributed by atoms with Gasteiger partial charge in [-0.1, -0.05) is 75.7 Å². The maximum Gasteiger partial charge on any atom is 0.335 e. The molecule has 2 unspecified atom stereocenters. The predicted molar refractivity (Wildman–Crippen MR) is 155 cm³/mol. The fraction of sp³-hybridized carbons (Fsp3) is 0.344. The number of aliphatic hydroxyl groups is 1. The summed E-state index contributed by atoms with van der Waals surface area (Å²) >= 11 is 6.05. The fourth-order valence-electron chi connectivity index (χ4n) is 5.35. The van der Waals surface area contributed by atoms with Crippen LogP contribution in [-0.4, -0.2) is 52.0 Å². The number of hydrogen-bond donors (Lipinski definition) is 3. The molecule has 1 saturated heterocycles. The number of halogens is 1. The van der Waals surface area contributed by atoms with Gasteiger partial charge >= 0.3 is 5.97 Å². The standard InChI is InChI=1S/C32H35ClN2O5/c1-20(2)27(29(37)35-17-16-32(40,31(3,4)19-35)25-12-14-26(33)15-13-25)34-28(36)24-7-5-6-23(18-24)21-8-10-22(11-9-21)30(38)39/h5-15,18,20,27,40H,16-17,19H2,1-4H3,(H,34,36)(H,38,39). The van der Waals surface area contributed by atoms with E-state index in [1.165, 1.54) is 12.1 Å². The normalized spacial score (nSPS) is 19.2. The molecule has 0 radical (unpaired) electrons. The van der Waals surface area contributed by atoms with Gasteiger partial charge in [0, 0.05) is 29.1 Å². The van der Waals surface area contributed by atoms with Crippen molar-refractivity contribution in [2.24, 2.45) is 11.3 Å². The molecule has 3 N–H and O–H groups in total. The van der Waals surface area contributed by atoms with Gasteiger partial charge in [-0.25, -0.2) is 4.79 Å². The van der Waals surface area contributed by atoms with E-state index in [1.54, 1.807) is 47.4 Å². The number of rotatable bonds is 7. The van der Waals surface area contributed by atoms with Crippen molar-refractivity contribution >= 4 is 29.4 Å². The molecule has 3 aromatic carbocycles. The second-order valence-corrected chi connectivity index (χ2v) is 11.9. The van der Waals surface area contributed by atoms with Crippen molar-refractivity contribution in [3.8, 4) is 11.1 Å². The Morgan fingerprint density at radius 2 is 1.57 bits per heavy atom. The lowest BCUT2D eigenvalue weighted by Crippen LogP contribution is -2.60. The molecule has 210 valence electrons. The molecule has 1 heterocycles. The molecule has 7 nitrogen and oxygen atoms in total. The van der Waals surface area contributed by atoms with Gasteiger partial charge < -0.3 is 20.4 Å². The van der Waals surface area contributed by atoms with Gasteiger partial charge in [0.1, 0.15) is 6.04 Å². The quantitative estimate of drug-likeness (QED) is 0.347. The summed E-state index contributed by atoms with van der Waals surface area (Å²) in [6, 6.07) is 19.9. The first-order valence-electron chi connectivity index (χ1n) is 13.3. The Morgan fingerprint density at radius 1 is 0.925 bits per heavy atom. The maximum atomic E-state index is 13.7. The molecule has 8 heteroatoms. The Bertz CT molecular complexity index is 1400. The zero-order chi connectivity index (χ0) is 29.2. The van der Waals surface area contributed by atoms with Crippen molar-refractivity contribution in [3.63, 3.8) is 0 Å². The molecular formula is C32H35ClN2O5. The lowest BCUT2D eigenvalue weighted by molar-refractivity contribution is -0.155. The molecule has 1 aliphatic rings. The number of carbonyl (C=O) groups excluding carboxylic acids is 2. The van der Waals surface area contributed by atoms with Gasteiger partial charge in [-0.05, 0) is 65.4 Å². The maximum absolute atomic E-state index is 13.7. The SMILES string of the molecule is CC(C)C(NC(=O)c1cccc(-c2ccc(C(=O)O)cc2)c1)C(=O)N1CCC(O)(c2ccc(Cl)cc2)C(C)(C)C1. The summed E-state index contributed by atoms with van der Waals surface area (Å²) in [6.07, 6.45) is 0.356. The molecule has 40 heavy (non-hydrogen) atoms. The Kier molecular flexibility index (Phi) is 8.38. The highest BCUT2D eigenvalue weighted by molar-refractivity contribution is 6.30. The Hall–Kier alpha value is -3.68. The van der Waals surface area contributed by atoms with Crippen LogP contribution in [0.5, 0.6) is 0 Å². The molecule has 0 aliphatic carbocycles. The number of carboxylic acid groups (broad SMARTS) is 1. The molecule has 2 amide bonds. The number of carboxylic acids is 1. The Labute approximate surface area is 239 Å². The number of aromatic carboxylic acids is 1. The Balaban J connectivity index is 1.49. The van der Waals surface area contributed by atoms with Crippen LogP contribution >= 0.6 is 11.6 Å². The second-order valence-electron chi connectivity index (χ2n) is 11.4. The summed E-state index contributed by atoms with van der Waals surface area (Å²) < 4.78 is 0. The van der Waals surface area contributed by atoms with Gasteiger partial charge in [0.15, 0.2) is 0 Å². The van der Waals surface area contributed by atoms with Crippen LogP contribution in [-0.2, 0) is 10.4 Å². The third-order valence-electron chi connectivity index (χ3n) is 7.89. The predicted octanol–water partition coefficient (Wildman–Crippen LogP) is 5.61. The summed E-state index contributed by atoms with van der Waals surface area (Å²) in [5, 5.41) is 24.4. The summed E-state index contributed by atoms with van der Waals surface area (Å²) in [6.45, 7) is 8.34. The van der Waals surface area contributed by atoms with E-state index in [0.29, 0.717) is 30.1 Å². The summed E-state index contributed by atoms with van der Waals surface area (Å²) in [4.78, 5) is 39.9. The highest BCUT2D eigenvalue weighted by Gasteiger charge is 2.50. The minimum atomic E-state index is -1.13. The van der Waals surface area contributed by atoms with Crippen LogP contribution in [0, 0.1) is 11.3 Å². The van der Waals surface area contributed by atoms with Crippen LogP contribution in [0.15, 0.2) is 72.8 Å². The van der Waals surface area contributed by atoms with Crippen LogP contribution in [0.1, 0.15) is 60.4 Å². The average Bonchev–Trinajstić information content (AvgIpc) is 2.93. The van der Waals surface area contributed by atoms with Crippen molar-refractivity contribution in [1.82, 2.24) is 10.2 Å². The van der Waals surface area contributed by atoms with E-state index >= 15 is 0 Å². The van der Waals surface area contributed by atoms with Crippen LogP contribution in [0.2, 0.25) is 5.02 Å². The number of benzene rings is 3. The molecule has 0 saturated carbocycles. The van der Waals surface area contributed by atoms with E-state index in [0.717, 1.165) is 16.7 Å². The smallest absolute Gasteiger partial charge is 0.335 e. The average molecular weight is 563 g/mol. The number of carbonyl (C=O) groups is 3. The van der Waals surface area contributed by atoms with Crippen LogP contribution in [0.25, 0.3) is 11.1 Å². The lowest BCUT2D eigenvalue weighted by Gasteiger charge is -2.51. The van der Waals surface area contributed by atoms with Gasteiger partial charge in [0.25, 0.3) is 5.91 Å². The molecule has 3 aromatic rings.